The fraction of sp³-hybridized carbons (Fsp3) is 0.421. The molecule has 0 fully saturated rings. The molecule has 25 heavy (non-hydrogen) atoms. The summed E-state index contributed by atoms with van der Waals surface area (Å²) in [6.45, 7) is 3.47. The standard InChI is InChI=1S/C19H27N3O3/c1-21(12-7-14-24-2)13-11-20-19(23)22(16-18-10-6-15-25-18)17-8-4-3-5-9-17/h3-6,8-10,15H,7,11-14,16H2,1-2H3,(H,20,23). The first-order valence-electron chi connectivity index (χ1n) is 8.51. The molecule has 0 radical (unpaired) electrons. The van der Waals surface area contributed by atoms with Gasteiger partial charge in [0.2, 0.25) is 0 Å². The number of urea groups is 1. The van der Waals surface area contributed by atoms with Crippen molar-refractivity contribution in [3.63, 3.8) is 0 Å². The van der Waals surface area contributed by atoms with E-state index in [1.807, 2.05) is 49.5 Å². The lowest BCUT2D eigenvalue weighted by Gasteiger charge is -2.23. The number of nitrogens with zero attached hydrogens (tertiary/aromatic N) is 2. The highest BCUT2D eigenvalue weighted by Gasteiger charge is 2.17. The average Bonchev–Trinajstić information content (AvgIpc) is 3.14. The Bertz CT molecular complexity index is 602. The molecule has 0 aliphatic carbocycles. The van der Waals surface area contributed by atoms with Crippen LogP contribution in [0.25, 0.3) is 0 Å². The van der Waals surface area contributed by atoms with Crippen LogP contribution in [-0.2, 0) is 11.3 Å². The van der Waals surface area contributed by atoms with E-state index in [9.17, 15) is 4.79 Å². The number of para-hydroxylation sites is 1. The van der Waals surface area contributed by atoms with E-state index in [4.69, 9.17) is 9.15 Å². The van der Waals surface area contributed by atoms with Crippen LogP contribution in [0.3, 0.4) is 0 Å². The van der Waals surface area contributed by atoms with Crippen molar-refractivity contribution in [2.24, 2.45) is 0 Å². The molecule has 1 aromatic heterocycles. The van der Waals surface area contributed by atoms with Crippen molar-refractivity contribution < 1.29 is 13.9 Å². The maximum atomic E-state index is 12.6. The lowest BCUT2D eigenvalue weighted by molar-refractivity contribution is 0.179. The van der Waals surface area contributed by atoms with Crippen molar-refractivity contribution in [1.29, 1.82) is 0 Å². The SMILES string of the molecule is COCCCN(C)CCNC(=O)N(Cc1ccco1)c1ccccc1. The Morgan fingerprint density at radius 1 is 1.16 bits per heavy atom. The number of carbonyl (C=O) groups is 1. The molecule has 0 atom stereocenters. The fourth-order valence-corrected chi connectivity index (χ4v) is 2.49. The monoisotopic (exact) mass is 345 g/mol. The molecule has 0 aliphatic rings. The summed E-state index contributed by atoms with van der Waals surface area (Å²) in [6.07, 6.45) is 2.60. The molecule has 1 N–H and O–H groups in total. The van der Waals surface area contributed by atoms with Crippen molar-refractivity contribution in [2.75, 3.05) is 45.3 Å². The highest BCUT2D eigenvalue weighted by molar-refractivity contribution is 5.91. The first kappa shape index (κ1) is 19.0. The number of benzene rings is 1. The van der Waals surface area contributed by atoms with Gasteiger partial charge in [-0.15, -0.1) is 0 Å². The Hall–Kier alpha value is -2.31. The molecule has 1 heterocycles. The van der Waals surface area contributed by atoms with Crippen LogP contribution in [0, 0.1) is 0 Å². The number of likely N-dealkylation sites (N-methyl/N-ethyl adjacent to an activating group) is 1. The quantitative estimate of drug-likeness (QED) is 0.673. The van der Waals surface area contributed by atoms with Gasteiger partial charge in [0, 0.05) is 39.0 Å². The number of methoxy groups -OCH3 is 1. The summed E-state index contributed by atoms with van der Waals surface area (Å²) in [5, 5.41) is 2.99. The van der Waals surface area contributed by atoms with Crippen LogP contribution in [0.4, 0.5) is 10.5 Å². The van der Waals surface area contributed by atoms with E-state index >= 15 is 0 Å². The first-order valence-corrected chi connectivity index (χ1v) is 8.51. The number of amides is 2. The zero-order chi connectivity index (χ0) is 17.9. The Morgan fingerprint density at radius 3 is 2.64 bits per heavy atom. The van der Waals surface area contributed by atoms with Crippen molar-refractivity contribution >= 4 is 11.7 Å². The Kier molecular flexibility index (Phi) is 8.01. The summed E-state index contributed by atoms with van der Waals surface area (Å²) in [4.78, 5) is 16.5. The maximum Gasteiger partial charge on any atom is 0.322 e. The molecule has 0 unspecified atom stereocenters. The van der Waals surface area contributed by atoms with Crippen LogP contribution in [0.5, 0.6) is 0 Å². The third-order valence-electron chi connectivity index (χ3n) is 3.87. The van der Waals surface area contributed by atoms with Gasteiger partial charge in [-0.3, -0.25) is 4.90 Å². The van der Waals surface area contributed by atoms with Crippen LogP contribution in [0.15, 0.2) is 53.1 Å². The second kappa shape index (κ2) is 10.5. The molecule has 6 nitrogen and oxygen atoms in total. The molecule has 2 rings (SSSR count). The summed E-state index contributed by atoms with van der Waals surface area (Å²) in [7, 11) is 3.75. The van der Waals surface area contributed by atoms with Crippen LogP contribution in [-0.4, -0.2) is 51.3 Å². The van der Waals surface area contributed by atoms with E-state index in [0.29, 0.717) is 13.1 Å². The summed E-state index contributed by atoms with van der Waals surface area (Å²) < 4.78 is 10.4. The third-order valence-corrected chi connectivity index (χ3v) is 3.87. The van der Waals surface area contributed by atoms with Gasteiger partial charge >= 0.3 is 6.03 Å². The summed E-state index contributed by atoms with van der Waals surface area (Å²) >= 11 is 0. The van der Waals surface area contributed by atoms with Crippen LogP contribution < -0.4 is 10.2 Å². The topological polar surface area (TPSA) is 58.0 Å². The molecule has 0 saturated carbocycles. The van der Waals surface area contributed by atoms with Gasteiger partial charge < -0.3 is 19.4 Å². The predicted molar refractivity (Wildman–Crippen MR) is 98.7 cm³/mol. The third kappa shape index (κ3) is 6.60. The summed E-state index contributed by atoms with van der Waals surface area (Å²) in [5.41, 5.74) is 0.838. The molecule has 2 amide bonds. The molecule has 6 heteroatoms. The molecule has 2 aromatic rings. The normalized spacial score (nSPS) is 10.8. The molecular weight excluding hydrogens is 318 g/mol. The lowest BCUT2D eigenvalue weighted by atomic mass is 10.3. The smallest absolute Gasteiger partial charge is 0.322 e. The van der Waals surface area contributed by atoms with Crippen molar-refractivity contribution in [2.45, 2.75) is 13.0 Å². The van der Waals surface area contributed by atoms with Gasteiger partial charge in [0.05, 0.1) is 12.8 Å². The van der Waals surface area contributed by atoms with E-state index in [1.54, 1.807) is 18.3 Å². The van der Waals surface area contributed by atoms with Gasteiger partial charge in [0.15, 0.2) is 0 Å². The minimum atomic E-state index is -0.132. The molecule has 0 spiro atoms. The van der Waals surface area contributed by atoms with E-state index < -0.39 is 0 Å². The first-order chi connectivity index (χ1) is 12.2. The zero-order valence-electron chi connectivity index (χ0n) is 15.0. The number of furan rings is 1. The van der Waals surface area contributed by atoms with E-state index in [1.165, 1.54) is 0 Å². The molecular formula is C19H27N3O3. The number of nitrogens with one attached hydrogen (secondary N) is 1. The van der Waals surface area contributed by atoms with E-state index in [-0.39, 0.29) is 6.03 Å². The molecule has 0 saturated heterocycles. The Balaban J connectivity index is 1.87. The van der Waals surface area contributed by atoms with E-state index in [0.717, 1.165) is 37.6 Å². The lowest BCUT2D eigenvalue weighted by Crippen LogP contribution is -2.42. The predicted octanol–water partition coefficient (Wildman–Crippen LogP) is 2.96. The molecule has 1 aromatic carbocycles. The number of anilines is 1. The van der Waals surface area contributed by atoms with Crippen LogP contribution in [0.1, 0.15) is 12.2 Å². The minimum absolute atomic E-state index is 0.132. The molecule has 0 bridgehead atoms. The van der Waals surface area contributed by atoms with Gasteiger partial charge in [0.1, 0.15) is 5.76 Å². The summed E-state index contributed by atoms with van der Waals surface area (Å²) in [6, 6.07) is 13.2. The van der Waals surface area contributed by atoms with Gasteiger partial charge in [-0.05, 0) is 37.7 Å². The van der Waals surface area contributed by atoms with Crippen LogP contribution in [0.2, 0.25) is 0 Å². The maximum absolute atomic E-state index is 12.6. The largest absolute Gasteiger partial charge is 0.467 e. The van der Waals surface area contributed by atoms with Crippen molar-refractivity contribution in [1.82, 2.24) is 10.2 Å². The minimum Gasteiger partial charge on any atom is -0.467 e. The second-order valence-electron chi connectivity index (χ2n) is 5.88. The number of hydrogen-bond donors (Lipinski definition) is 1. The molecule has 136 valence electrons. The molecule has 0 aliphatic heterocycles. The van der Waals surface area contributed by atoms with Gasteiger partial charge in [-0.25, -0.2) is 4.79 Å². The van der Waals surface area contributed by atoms with Crippen LogP contribution >= 0.6 is 0 Å². The number of carbonyl (C=O) groups excluding carboxylic acids is 1. The van der Waals surface area contributed by atoms with E-state index in [2.05, 4.69) is 10.2 Å². The summed E-state index contributed by atoms with van der Waals surface area (Å²) in [5.74, 6) is 0.746. The second-order valence-corrected chi connectivity index (χ2v) is 5.88. The number of rotatable bonds is 10. The highest BCUT2D eigenvalue weighted by Crippen LogP contribution is 2.17. The highest BCUT2D eigenvalue weighted by atomic mass is 16.5. The van der Waals surface area contributed by atoms with Gasteiger partial charge in [-0.2, -0.15) is 0 Å². The van der Waals surface area contributed by atoms with Gasteiger partial charge in [-0.1, -0.05) is 18.2 Å². The Labute approximate surface area is 149 Å². The number of ether oxygens (including phenoxy) is 1. The van der Waals surface area contributed by atoms with Gasteiger partial charge in [0.25, 0.3) is 0 Å². The zero-order valence-corrected chi connectivity index (χ0v) is 15.0. The number of hydrogen-bond acceptors (Lipinski definition) is 4. The fourth-order valence-electron chi connectivity index (χ4n) is 2.49. The van der Waals surface area contributed by atoms with Crippen molar-refractivity contribution in [3.05, 3.63) is 54.5 Å². The van der Waals surface area contributed by atoms with Crippen molar-refractivity contribution in [3.8, 4) is 0 Å². The Morgan fingerprint density at radius 2 is 1.96 bits per heavy atom. The average molecular weight is 345 g/mol.